The van der Waals surface area contributed by atoms with Gasteiger partial charge in [-0.1, -0.05) is 18.2 Å². The highest BCUT2D eigenvalue weighted by atomic mass is 16.5. The van der Waals surface area contributed by atoms with Crippen molar-refractivity contribution in [1.82, 2.24) is 9.88 Å². The minimum absolute atomic E-state index is 0.144. The molecule has 3 aromatic rings. The third-order valence-corrected chi connectivity index (χ3v) is 5.97. The Kier molecular flexibility index (Phi) is 7.88. The van der Waals surface area contributed by atoms with Gasteiger partial charge in [-0.15, -0.1) is 0 Å². The van der Waals surface area contributed by atoms with Gasteiger partial charge in [-0.05, 0) is 59.7 Å². The number of ether oxygens (including phenoxy) is 4. The van der Waals surface area contributed by atoms with Crippen molar-refractivity contribution in [3.8, 4) is 23.0 Å². The normalized spacial score (nSPS) is 15.6. The van der Waals surface area contributed by atoms with E-state index in [1.54, 1.807) is 94.2 Å². The van der Waals surface area contributed by atoms with Crippen LogP contribution < -0.4 is 18.9 Å². The molecule has 0 atom stereocenters. The van der Waals surface area contributed by atoms with Gasteiger partial charge in [0.2, 0.25) is 0 Å². The lowest BCUT2D eigenvalue weighted by Crippen LogP contribution is -2.41. The summed E-state index contributed by atoms with van der Waals surface area (Å²) in [5.41, 5.74) is 2.74. The largest absolute Gasteiger partial charge is 0.493 e. The van der Waals surface area contributed by atoms with Crippen LogP contribution in [0.5, 0.6) is 23.0 Å². The van der Waals surface area contributed by atoms with Crippen molar-refractivity contribution in [3.63, 3.8) is 0 Å². The molecular formula is C29H28N2O6. The number of benzene rings is 2. The Morgan fingerprint density at radius 3 is 1.70 bits per heavy atom. The maximum atomic E-state index is 13.6. The van der Waals surface area contributed by atoms with E-state index < -0.39 is 0 Å². The molecule has 0 N–H and O–H groups in total. The van der Waals surface area contributed by atoms with Crippen LogP contribution in [0.3, 0.4) is 0 Å². The molecule has 1 aromatic heterocycles. The molecule has 1 aliphatic heterocycles. The summed E-state index contributed by atoms with van der Waals surface area (Å²) in [6.45, 7) is 0.289. The minimum Gasteiger partial charge on any atom is -0.493 e. The molecule has 4 rings (SSSR count). The third kappa shape index (κ3) is 5.64. The number of carbonyl (C=O) groups is 2. The lowest BCUT2D eigenvalue weighted by molar-refractivity contribution is -0.113. The van der Waals surface area contributed by atoms with Gasteiger partial charge in [0.1, 0.15) is 5.69 Å². The van der Waals surface area contributed by atoms with Crippen LogP contribution in [0, 0.1) is 0 Å². The van der Waals surface area contributed by atoms with Crippen LogP contribution in [0.25, 0.3) is 12.2 Å². The van der Waals surface area contributed by atoms with E-state index in [-0.39, 0.29) is 24.8 Å². The van der Waals surface area contributed by atoms with E-state index >= 15 is 0 Å². The predicted octanol–water partition coefficient (Wildman–Crippen LogP) is 4.31. The molecule has 37 heavy (non-hydrogen) atoms. The monoisotopic (exact) mass is 500 g/mol. The smallest absolute Gasteiger partial charge is 0.273 e. The maximum Gasteiger partial charge on any atom is 0.273 e. The average Bonchev–Trinajstić information content (AvgIpc) is 2.94. The van der Waals surface area contributed by atoms with Crippen molar-refractivity contribution in [2.45, 2.75) is 0 Å². The number of likely N-dealkylation sites (tertiary alicyclic amines) is 1. The van der Waals surface area contributed by atoms with Crippen molar-refractivity contribution in [3.05, 3.63) is 88.8 Å². The van der Waals surface area contributed by atoms with E-state index in [0.29, 0.717) is 39.8 Å². The Morgan fingerprint density at radius 2 is 1.27 bits per heavy atom. The quantitative estimate of drug-likeness (QED) is 0.447. The third-order valence-electron chi connectivity index (χ3n) is 5.97. The second-order valence-electron chi connectivity index (χ2n) is 8.27. The predicted molar refractivity (Wildman–Crippen MR) is 140 cm³/mol. The first-order chi connectivity index (χ1) is 18.0. The van der Waals surface area contributed by atoms with Crippen LogP contribution in [0.4, 0.5) is 0 Å². The van der Waals surface area contributed by atoms with Crippen molar-refractivity contribution in [2.75, 3.05) is 41.5 Å². The second kappa shape index (κ2) is 11.4. The van der Waals surface area contributed by atoms with Gasteiger partial charge >= 0.3 is 0 Å². The highest BCUT2D eigenvalue weighted by molar-refractivity contribution is 6.15. The first-order valence-electron chi connectivity index (χ1n) is 11.6. The standard InChI is InChI=1S/C29H28N2O6/c1-34-24-10-8-19(15-26(24)36-3)13-21-17-31(29(33)23-7-5-6-12-30-23)18-22(28(21)32)14-20-9-11-25(35-2)27(16-20)37-4/h5-16H,17-18H2,1-4H3. The molecule has 190 valence electrons. The number of aromatic nitrogens is 1. The van der Waals surface area contributed by atoms with Crippen LogP contribution in [-0.2, 0) is 4.79 Å². The summed E-state index contributed by atoms with van der Waals surface area (Å²) in [7, 11) is 6.23. The fraction of sp³-hybridized carbons (Fsp3) is 0.207. The molecule has 2 aromatic carbocycles. The zero-order valence-electron chi connectivity index (χ0n) is 21.2. The van der Waals surface area contributed by atoms with Crippen molar-refractivity contribution >= 4 is 23.8 Å². The van der Waals surface area contributed by atoms with Crippen LogP contribution in [-0.4, -0.2) is 63.1 Å². The van der Waals surface area contributed by atoms with Gasteiger partial charge in [0.15, 0.2) is 28.8 Å². The minimum atomic E-state index is -0.260. The van der Waals surface area contributed by atoms with Crippen LogP contribution in [0.2, 0.25) is 0 Å². The van der Waals surface area contributed by atoms with Crippen molar-refractivity contribution in [2.24, 2.45) is 0 Å². The summed E-state index contributed by atoms with van der Waals surface area (Å²) in [5.74, 6) is 1.85. The zero-order valence-corrected chi connectivity index (χ0v) is 21.2. The van der Waals surface area contributed by atoms with E-state index in [2.05, 4.69) is 4.98 Å². The number of amides is 1. The summed E-state index contributed by atoms with van der Waals surface area (Å²) in [6, 6.07) is 16.0. The Balaban J connectivity index is 1.76. The van der Waals surface area contributed by atoms with Crippen LogP contribution in [0.1, 0.15) is 21.6 Å². The van der Waals surface area contributed by atoms with E-state index in [9.17, 15) is 9.59 Å². The van der Waals surface area contributed by atoms with Gasteiger partial charge in [-0.3, -0.25) is 14.6 Å². The molecule has 0 aliphatic carbocycles. The molecule has 1 aliphatic rings. The Hall–Kier alpha value is -4.59. The van der Waals surface area contributed by atoms with Gasteiger partial charge in [0.05, 0.1) is 41.5 Å². The number of nitrogens with zero attached hydrogens (tertiary/aromatic N) is 2. The molecule has 1 saturated heterocycles. The SMILES string of the molecule is COc1ccc(C=C2CN(C(=O)c3ccccn3)CC(=Cc3ccc(OC)c(OC)c3)C2=O)cc1OC. The Bertz CT molecular complexity index is 1290. The molecule has 0 unspecified atom stereocenters. The second-order valence-corrected chi connectivity index (χ2v) is 8.27. The summed E-state index contributed by atoms with van der Waals surface area (Å²) < 4.78 is 21.4. The summed E-state index contributed by atoms with van der Waals surface area (Å²) in [6.07, 6.45) is 5.11. The lowest BCUT2D eigenvalue weighted by Gasteiger charge is -2.29. The number of hydrogen-bond donors (Lipinski definition) is 0. The van der Waals surface area contributed by atoms with E-state index in [4.69, 9.17) is 18.9 Å². The highest BCUT2D eigenvalue weighted by Crippen LogP contribution is 2.31. The summed E-state index contributed by atoms with van der Waals surface area (Å²) in [5, 5.41) is 0. The number of Topliss-reactive ketones (excluding diaryl/α,β-unsaturated/α-hetero) is 1. The molecule has 8 heteroatoms. The van der Waals surface area contributed by atoms with Gasteiger partial charge < -0.3 is 23.8 Å². The number of piperidine rings is 1. The number of ketones is 1. The van der Waals surface area contributed by atoms with Crippen LogP contribution >= 0.6 is 0 Å². The maximum absolute atomic E-state index is 13.6. The molecule has 0 saturated carbocycles. The highest BCUT2D eigenvalue weighted by Gasteiger charge is 2.30. The zero-order chi connectivity index (χ0) is 26.4. The molecule has 0 radical (unpaired) electrons. The first-order valence-corrected chi connectivity index (χ1v) is 11.6. The van der Waals surface area contributed by atoms with E-state index in [0.717, 1.165) is 11.1 Å². The average molecular weight is 501 g/mol. The molecule has 0 spiro atoms. The number of carbonyl (C=O) groups excluding carboxylic acids is 2. The molecular weight excluding hydrogens is 472 g/mol. The van der Waals surface area contributed by atoms with Gasteiger partial charge in [-0.25, -0.2) is 0 Å². The van der Waals surface area contributed by atoms with E-state index in [1.165, 1.54) is 0 Å². The molecule has 1 fully saturated rings. The number of rotatable bonds is 7. The van der Waals surface area contributed by atoms with Gasteiger partial charge in [0.25, 0.3) is 5.91 Å². The Morgan fingerprint density at radius 1 is 0.757 bits per heavy atom. The molecule has 0 bridgehead atoms. The first kappa shape index (κ1) is 25.5. The fourth-order valence-electron chi connectivity index (χ4n) is 4.12. The molecule has 2 heterocycles. The number of pyridine rings is 1. The van der Waals surface area contributed by atoms with E-state index in [1.807, 2.05) is 12.1 Å². The topological polar surface area (TPSA) is 87.2 Å². The molecule has 1 amide bonds. The number of methoxy groups -OCH3 is 4. The lowest BCUT2D eigenvalue weighted by atomic mass is 9.93. The van der Waals surface area contributed by atoms with Crippen molar-refractivity contribution < 1.29 is 28.5 Å². The van der Waals surface area contributed by atoms with Gasteiger partial charge in [-0.2, -0.15) is 0 Å². The fourth-order valence-corrected chi connectivity index (χ4v) is 4.12. The Labute approximate surface area is 215 Å². The summed E-state index contributed by atoms with van der Waals surface area (Å²) in [4.78, 5) is 32.7. The summed E-state index contributed by atoms with van der Waals surface area (Å²) >= 11 is 0. The molecule has 8 nitrogen and oxygen atoms in total. The van der Waals surface area contributed by atoms with Gasteiger partial charge in [0, 0.05) is 17.3 Å². The number of hydrogen-bond acceptors (Lipinski definition) is 7. The van der Waals surface area contributed by atoms with Crippen molar-refractivity contribution in [1.29, 1.82) is 0 Å². The van der Waals surface area contributed by atoms with Crippen LogP contribution in [0.15, 0.2) is 71.9 Å².